The average molecular weight is 353 g/mol. The van der Waals surface area contributed by atoms with Crippen LogP contribution < -0.4 is 5.32 Å². The number of nitrogens with zero attached hydrogens (tertiary/aromatic N) is 1. The van der Waals surface area contributed by atoms with Crippen molar-refractivity contribution < 1.29 is 18.3 Å². The van der Waals surface area contributed by atoms with Crippen molar-refractivity contribution in [2.75, 3.05) is 18.5 Å². The number of ether oxygens (including phenoxy) is 1. The molecule has 1 aromatic carbocycles. The summed E-state index contributed by atoms with van der Waals surface area (Å²) in [6.07, 6.45) is 3.50. The predicted octanol–water partition coefficient (Wildman–Crippen LogP) is 4.29. The molecule has 1 aromatic heterocycles. The maximum absolute atomic E-state index is 13.2. The lowest BCUT2D eigenvalue weighted by molar-refractivity contribution is 0.0803. The number of furan rings is 1. The van der Waals surface area contributed by atoms with E-state index in [0.29, 0.717) is 31.1 Å². The zero-order valence-corrected chi connectivity index (χ0v) is 13.8. The first kappa shape index (κ1) is 16.8. The molecular weight excluding hydrogens is 335 g/mol. The fraction of sp³-hybridized carbons (Fsp3) is 0.353. The zero-order chi connectivity index (χ0) is 16.9. The second-order valence-electron chi connectivity index (χ2n) is 5.65. The number of anilines is 1. The Kier molecular flexibility index (Phi) is 5.37. The third-order valence-electron chi connectivity index (χ3n) is 3.83. The summed E-state index contributed by atoms with van der Waals surface area (Å²) in [5.41, 5.74) is 0.434. The van der Waals surface area contributed by atoms with E-state index in [0.717, 1.165) is 12.8 Å². The molecule has 0 spiro atoms. The lowest BCUT2D eigenvalue weighted by atomic mass is 10.2. The summed E-state index contributed by atoms with van der Waals surface area (Å²) < 4.78 is 24.2. The van der Waals surface area contributed by atoms with Crippen LogP contribution in [0.25, 0.3) is 0 Å². The third-order valence-corrected chi connectivity index (χ3v) is 4.12. The maximum Gasteiger partial charge on any atom is 0.322 e. The highest BCUT2D eigenvalue weighted by atomic mass is 35.5. The molecule has 2 heterocycles. The van der Waals surface area contributed by atoms with Crippen molar-refractivity contribution in [1.29, 1.82) is 0 Å². The van der Waals surface area contributed by atoms with Gasteiger partial charge in [0.25, 0.3) is 0 Å². The molecule has 7 heteroatoms. The van der Waals surface area contributed by atoms with E-state index in [-0.39, 0.29) is 17.2 Å². The quantitative estimate of drug-likeness (QED) is 0.873. The Morgan fingerprint density at radius 2 is 2.29 bits per heavy atom. The summed E-state index contributed by atoms with van der Waals surface area (Å²) >= 11 is 5.75. The lowest BCUT2D eigenvalue weighted by Crippen LogP contribution is -2.39. The van der Waals surface area contributed by atoms with E-state index >= 15 is 0 Å². The van der Waals surface area contributed by atoms with Gasteiger partial charge in [-0.05, 0) is 43.2 Å². The number of nitrogens with one attached hydrogen (secondary N) is 1. The number of carbonyl (C=O) groups excluding carboxylic acids is 1. The monoisotopic (exact) mass is 352 g/mol. The fourth-order valence-electron chi connectivity index (χ4n) is 2.62. The highest BCUT2D eigenvalue weighted by Gasteiger charge is 2.23. The van der Waals surface area contributed by atoms with Crippen molar-refractivity contribution in [2.45, 2.75) is 25.5 Å². The summed E-state index contributed by atoms with van der Waals surface area (Å²) in [7, 11) is 0. The van der Waals surface area contributed by atoms with Gasteiger partial charge in [-0.2, -0.15) is 0 Å². The van der Waals surface area contributed by atoms with Gasteiger partial charge < -0.3 is 19.4 Å². The minimum atomic E-state index is -0.526. The number of hydrogen-bond acceptors (Lipinski definition) is 3. The fourth-order valence-corrected chi connectivity index (χ4v) is 2.80. The van der Waals surface area contributed by atoms with E-state index in [2.05, 4.69) is 5.32 Å². The van der Waals surface area contributed by atoms with Gasteiger partial charge >= 0.3 is 6.03 Å². The van der Waals surface area contributed by atoms with Crippen LogP contribution in [-0.2, 0) is 11.3 Å². The van der Waals surface area contributed by atoms with Crippen molar-refractivity contribution in [3.8, 4) is 0 Å². The standard InChI is InChI=1S/C17H18ClFN2O3/c18-15-9-12(5-6-16(15)19)20-17(22)21(10-13-3-1-7-23-13)11-14-4-2-8-24-14/h1,3,5-7,9,14H,2,4,8,10-11H2,(H,20,22). The van der Waals surface area contributed by atoms with Crippen molar-refractivity contribution in [2.24, 2.45) is 0 Å². The van der Waals surface area contributed by atoms with Gasteiger partial charge in [0.2, 0.25) is 0 Å². The van der Waals surface area contributed by atoms with Crippen LogP contribution in [-0.4, -0.2) is 30.2 Å². The molecule has 1 atom stereocenters. The van der Waals surface area contributed by atoms with Crippen molar-refractivity contribution in [1.82, 2.24) is 4.90 Å². The molecule has 1 saturated heterocycles. The predicted molar refractivity (Wildman–Crippen MR) is 88.5 cm³/mol. The maximum atomic E-state index is 13.2. The topological polar surface area (TPSA) is 54.7 Å². The Morgan fingerprint density at radius 1 is 1.42 bits per heavy atom. The number of amides is 2. The van der Waals surface area contributed by atoms with E-state index in [9.17, 15) is 9.18 Å². The molecule has 1 unspecified atom stereocenters. The molecule has 0 bridgehead atoms. The number of hydrogen-bond donors (Lipinski definition) is 1. The normalized spacial score (nSPS) is 17.0. The summed E-state index contributed by atoms with van der Waals surface area (Å²) in [5, 5.41) is 2.70. The number of rotatable bonds is 5. The zero-order valence-electron chi connectivity index (χ0n) is 13.0. The van der Waals surface area contributed by atoms with Crippen LogP contribution in [0.4, 0.5) is 14.9 Å². The van der Waals surface area contributed by atoms with Crippen molar-refractivity contribution in [3.05, 3.63) is 53.2 Å². The van der Waals surface area contributed by atoms with Gasteiger partial charge in [0.05, 0.1) is 23.9 Å². The smallest absolute Gasteiger partial charge is 0.322 e. The SMILES string of the molecule is O=C(Nc1ccc(F)c(Cl)c1)N(Cc1ccco1)CC1CCCO1. The molecule has 2 amide bonds. The van der Waals surface area contributed by atoms with Gasteiger partial charge in [-0.25, -0.2) is 9.18 Å². The summed E-state index contributed by atoms with van der Waals surface area (Å²) in [4.78, 5) is 14.2. The van der Waals surface area contributed by atoms with Gasteiger partial charge in [-0.15, -0.1) is 0 Å². The second-order valence-corrected chi connectivity index (χ2v) is 6.06. The van der Waals surface area contributed by atoms with Crippen LogP contribution >= 0.6 is 11.6 Å². The first-order chi connectivity index (χ1) is 11.6. The van der Waals surface area contributed by atoms with Crippen LogP contribution in [0.2, 0.25) is 5.02 Å². The lowest BCUT2D eigenvalue weighted by Gasteiger charge is -2.25. The Hall–Kier alpha value is -2.05. The molecule has 1 N–H and O–H groups in total. The number of urea groups is 1. The van der Waals surface area contributed by atoms with Gasteiger partial charge in [-0.3, -0.25) is 0 Å². The Morgan fingerprint density at radius 3 is 2.96 bits per heavy atom. The average Bonchev–Trinajstić information content (AvgIpc) is 3.24. The first-order valence-electron chi connectivity index (χ1n) is 7.77. The molecule has 5 nitrogen and oxygen atoms in total. The third kappa shape index (κ3) is 4.27. The molecule has 1 aliphatic heterocycles. The molecule has 24 heavy (non-hydrogen) atoms. The van der Waals surface area contributed by atoms with E-state index in [1.165, 1.54) is 18.2 Å². The van der Waals surface area contributed by atoms with Gasteiger partial charge in [-0.1, -0.05) is 11.6 Å². The molecule has 0 radical (unpaired) electrons. The van der Waals surface area contributed by atoms with E-state index < -0.39 is 5.82 Å². The van der Waals surface area contributed by atoms with Crippen LogP contribution in [0, 0.1) is 5.82 Å². The van der Waals surface area contributed by atoms with Crippen LogP contribution in [0.5, 0.6) is 0 Å². The van der Waals surface area contributed by atoms with Crippen molar-refractivity contribution in [3.63, 3.8) is 0 Å². The van der Waals surface area contributed by atoms with E-state index in [1.54, 1.807) is 17.2 Å². The summed E-state index contributed by atoms with van der Waals surface area (Å²) in [6.45, 7) is 1.50. The molecule has 128 valence electrons. The highest BCUT2D eigenvalue weighted by Crippen LogP contribution is 2.21. The first-order valence-corrected chi connectivity index (χ1v) is 8.14. The largest absolute Gasteiger partial charge is 0.467 e. The molecule has 2 aromatic rings. The number of carbonyl (C=O) groups is 1. The molecule has 3 rings (SSSR count). The van der Waals surface area contributed by atoms with Crippen LogP contribution in [0.3, 0.4) is 0 Å². The Bertz CT molecular complexity index is 687. The molecule has 0 saturated carbocycles. The van der Waals surface area contributed by atoms with Gasteiger partial charge in [0.15, 0.2) is 0 Å². The summed E-state index contributed by atoms with van der Waals surface area (Å²) in [6, 6.07) is 7.34. The van der Waals surface area contributed by atoms with E-state index in [1.807, 2.05) is 6.07 Å². The molecule has 1 fully saturated rings. The highest BCUT2D eigenvalue weighted by molar-refractivity contribution is 6.31. The minimum Gasteiger partial charge on any atom is -0.467 e. The van der Waals surface area contributed by atoms with Crippen molar-refractivity contribution >= 4 is 23.3 Å². The number of halogens is 2. The Labute approximate surface area is 144 Å². The number of benzene rings is 1. The molecule has 1 aliphatic rings. The van der Waals surface area contributed by atoms with Gasteiger partial charge in [0.1, 0.15) is 11.6 Å². The second kappa shape index (κ2) is 7.68. The molecular formula is C17H18ClFN2O3. The Balaban J connectivity index is 1.70. The summed E-state index contributed by atoms with van der Waals surface area (Å²) in [5.74, 6) is 0.154. The molecule has 0 aliphatic carbocycles. The van der Waals surface area contributed by atoms with E-state index in [4.69, 9.17) is 20.8 Å². The van der Waals surface area contributed by atoms with Crippen LogP contribution in [0.1, 0.15) is 18.6 Å². The van der Waals surface area contributed by atoms with Gasteiger partial charge in [0, 0.05) is 18.8 Å². The van der Waals surface area contributed by atoms with Crippen LogP contribution in [0.15, 0.2) is 41.0 Å². The minimum absolute atomic E-state index is 0.0162.